The summed E-state index contributed by atoms with van der Waals surface area (Å²) >= 11 is 0. The molecule has 3 aromatic rings. The van der Waals surface area contributed by atoms with E-state index in [2.05, 4.69) is 0 Å². The first-order valence-corrected chi connectivity index (χ1v) is 12.1. The van der Waals surface area contributed by atoms with E-state index in [1.165, 1.54) is 0 Å². The molecule has 3 heterocycles. The van der Waals surface area contributed by atoms with E-state index in [0.29, 0.717) is 17.4 Å². The number of fused-ring (bicyclic) bond motifs is 3. The topological polar surface area (TPSA) is 81.5 Å². The molecule has 0 radical (unpaired) electrons. The Morgan fingerprint density at radius 1 is 1.06 bits per heavy atom. The van der Waals surface area contributed by atoms with Crippen molar-refractivity contribution in [2.45, 2.75) is 64.5 Å². The molecule has 0 N–H and O–H groups in total. The number of rotatable bonds is 3. The fraction of sp³-hybridized carbons (Fsp3) is 0.407. The van der Waals surface area contributed by atoms with Crippen LogP contribution >= 0.6 is 0 Å². The number of hydrogen-bond donors (Lipinski definition) is 0. The van der Waals surface area contributed by atoms with Gasteiger partial charge < -0.3 is 9.64 Å². The molecule has 0 saturated heterocycles. The maximum atomic E-state index is 13.0. The predicted molar refractivity (Wildman–Crippen MR) is 130 cm³/mol. The van der Waals surface area contributed by atoms with Gasteiger partial charge in [-0.05, 0) is 62.4 Å². The second kappa shape index (κ2) is 9.41. The molecule has 1 aromatic heterocycles. The molecule has 0 spiro atoms. The van der Waals surface area contributed by atoms with Crippen LogP contribution in [0, 0.1) is 0 Å². The van der Waals surface area contributed by atoms with Crippen molar-refractivity contribution in [2.24, 2.45) is 0 Å². The van der Waals surface area contributed by atoms with Gasteiger partial charge in [0, 0.05) is 24.7 Å². The van der Waals surface area contributed by atoms with Crippen LogP contribution in [0.1, 0.15) is 60.8 Å². The highest BCUT2D eigenvalue weighted by atomic mass is 16.5. The van der Waals surface area contributed by atoms with Gasteiger partial charge in [-0.25, -0.2) is 9.78 Å². The molecule has 1 unspecified atom stereocenters. The predicted octanol–water partition coefficient (Wildman–Crippen LogP) is 4.04. The lowest BCUT2D eigenvalue weighted by Gasteiger charge is -2.35. The van der Waals surface area contributed by atoms with Crippen molar-refractivity contribution in [1.82, 2.24) is 9.55 Å². The Bertz CT molecular complexity index is 1310. The van der Waals surface area contributed by atoms with Gasteiger partial charge >= 0.3 is 5.97 Å². The van der Waals surface area contributed by atoms with E-state index in [4.69, 9.17) is 9.72 Å². The van der Waals surface area contributed by atoms with E-state index >= 15 is 0 Å². The van der Waals surface area contributed by atoms with Crippen molar-refractivity contribution < 1.29 is 14.3 Å². The third-order valence-corrected chi connectivity index (χ3v) is 6.92. The fourth-order valence-corrected chi connectivity index (χ4v) is 5.07. The monoisotopic (exact) mass is 459 g/mol. The summed E-state index contributed by atoms with van der Waals surface area (Å²) in [5.41, 5.74) is 2.73. The van der Waals surface area contributed by atoms with Gasteiger partial charge in [0.15, 0.2) is 6.61 Å². The third-order valence-electron chi connectivity index (χ3n) is 6.92. The van der Waals surface area contributed by atoms with Gasteiger partial charge in [-0.1, -0.05) is 31.0 Å². The number of carbonyl (C=O) groups excluding carboxylic acids is 2. The SMILES string of the molecule is CC1CCc2ccccc2N1C(=O)COC(=O)c1ccc2c(=O)n3c(nc2c1)CCCCCC3. The van der Waals surface area contributed by atoms with Crippen molar-refractivity contribution in [3.63, 3.8) is 0 Å². The summed E-state index contributed by atoms with van der Waals surface area (Å²) in [6, 6.07) is 12.7. The third kappa shape index (κ3) is 4.22. The zero-order valence-electron chi connectivity index (χ0n) is 19.5. The Morgan fingerprint density at radius 2 is 1.88 bits per heavy atom. The average Bonchev–Trinajstić information content (AvgIpc) is 2.83. The number of nitrogens with zero attached hydrogens (tertiary/aromatic N) is 3. The van der Waals surface area contributed by atoms with E-state index in [-0.39, 0.29) is 29.7 Å². The number of benzene rings is 2. The van der Waals surface area contributed by atoms with Crippen LogP contribution in [0.4, 0.5) is 5.69 Å². The molecule has 7 nitrogen and oxygen atoms in total. The summed E-state index contributed by atoms with van der Waals surface area (Å²) in [5, 5.41) is 0.496. The second-order valence-corrected chi connectivity index (χ2v) is 9.24. The van der Waals surface area contributed by atoms with E-state index in [0.717, 1.165) is 62.0 Å². The largest absolute Gasteiger partial charge is 0.452 e. The highest BCUT2D eigenvalue weighted by Gasteiger charge is 2.28. The first-order valence-electron chi connectivity index (χ1n) is 12.1. The fourth-order valence-electron chi connectivity index (χ4n) is 5.07. The van der Waals surface area contributed by atoms with Gasteiger partial charge in [0.1, 0.15) is 5.82 Å². The summed E-state index contributed by atoms with van der Waals surface area (Å²) in [4.78, 5) is 45.2. The minimum absolute atomic E-state index is 0.0402. The van der Waals surface area contributed by atoms with Crippen LogP contribution in [0.3, 0.4) is 0 Å². The van der Waals surface area contributed by atoms with Crippen LogP contribution in [0.5, 0.6) is 0 Å². The van der Waals surface area contributed by atoms with E-state index < -0.39 is 5.97 Å². The molecule has 0 bridgehead atoms. The maximum Gasteiger partial charge on any atom is 0.338 e. The Morgan fingerprint density at radius 3 is 2.76 bits per heavy atom. The molecule has 0 aliphatic carbocycles. The Labute approximate surface area is 198 Å². The standard InChI is InChI=1S/C27H29N3O4/c1-18-11-12-19-8-5-6-9-23(19)30(18)25(31)17-34-27(33)20-13-14-21-22(16-20)28-24-10-4-2-3-7-15-29(24)26(21)32/h5-6,8-9,13-14,16,18H,2-4,7,10-12,15,17H2,1H3. The van der Waals surface area contributed by atoms with Gasteiger partial charge in [-0.2, -0.15) is 0 Å². The first kappa shape index (κ1) is 22.3. The number of amides is 1. The molecule has 1 atom stereocenters. The van der Waals surface area contributed by atoms with E-state index in [1.54, 1.807) is 27.7 Å². The zero-order valence-corrected chi connectivity index (χ0v) is 19.5. The maximum absolute atomic E-state index is 13.0. The van der Waals surface area contributed by atoms with Gasteiger partial charge in [0.25, 0.3) is 11.5 Å². The highest BCUT2D eigenvalue weighted by Crippen LogP contribution is 2.30. The summed E-state index contributed by atoms with van der Waals surface area (Å²) < 4.78 is 7.17. The minimum atomic E-state index is -0.596. The van der Waals surface area contributed by atoms with Crippen LogP contribution in [0.25, 0.3) is 10.9 Å². The number of esters is 1. The molecule has 34 heavy (non-hydrogen) atoms. The first-order chi connectivity index (χ1) is 16.5. The Balaban J connectivity index is 1.34. The van der Waals surface area contributed by atoms with Crippen molar-refractivity contribution >= 4 is 28.5 Å². The molecule has 7 heteroatoms. The number of hydrogen-bond acceptors (Lipinski definition) is 5. The number of ether oxygens (including phenoxy) is 1. The van der Waals surface area contributed by atoms with Gasteiger partial charge in [0.2, 0.25) is 0 Å². The smallest absolute Gasteiger partial charge is 0.338 e. The quantitative estimate of drug-likeness (QED) is 0.552. The molecule has 2 aliphatic rings. The molecule has 1 amide bonds. The normalized spacial score (nSPS) is 17.9. The molecule has 2 aliphatic heterocycles. The summed E-state index contributed by atoms with van der Waals surface area (Å²) in [6.07, 6.45) is 6.77. The van der Waals surface area contributed by atoms with E-state index in [1.807, 2.05) is 31.2 Å². The minimum Gasteiger partial charge on any atom is -0.452 e. The molecule has 176 valence electrons. The van der Waals surface area contributed by atoms with Crippen LogP contribution < -0.4 is 10.5 Å². The van der Waals surface area contributed by atoms with Gasteiger partial charge in [-0.3, -0.25) is 14.2 Å². The Kier molecular flexibility index (Phi) is 6.18. The van der Waals surface area contributed by atoms with Gasteiger partial charge in [0.05, 0.1) is 16.5 Å². The molecular formula is C27H29N3O4. The molecule has 2 aromatic carbocycles. The molecule has 0 fully saturated rings. The zero-order chi connectivity index (χ0) is 23.7. The number of anilines is 1. The lowest BCUT2D eigenvalue weighted by Crippen LogP contribution is -2.44. The van der Waals surface area contributed by atoms with Crippen LogP contribution in [0.15, 0.2) is 47.3 Å². The lowest BCUT2D eigenvalue weighted by molar-refractivity contribution is -0.122. The van der Waals surface area contributed by atoms with Crippen LogP contribution in [-0.4, -0.2) is 34.1 Å². The Hall–Kier alpha value is -3.48. The lowest BCUT2D eigenvalue weighted by atomic mass is 9.96. The molecule has 0 saturated carbocycles. The van der Waals surface area contributed by atoms with Crippen molar-refractivity contribution in [3.05, 3.63) is 69.8 Å². The molecule has 5 rings (SSSR count). The number of para-hydroxylation sites is 1. The summed E-state index contributed by atoms with van der Waals surface area (Å²) in [7, 11) is 0. The van der Waals surface area contributed by atoms with Crippen LogP contribution in [-0.2, 0) is 28.9 Å². The number of aryl methyl sites for hydroxylation is 2. The van der Waals surface area contributed by atoms with Crippen molar-refractivity contribution in [1.29, 1.82) is 0 Å². The van der Waals surface area contributed by atoms with E-state index in [9.17, 15) is 14.4 Å². The average molecular weight is 460 g/mol. The van der Waals surface area contributed by atoms with Crippen molar-refractivity contribution in [2.75, 3.05) is 11.5 Å². The van der Waals surface area contributed by atoms with Gasteiger partial charge in [-0.15, -0.1) is 0 Å². The number of aromatic nitrogens is 2. The summed E-state index contributed by atoms with van der Waals surface area (Å²) in [5.74, 6) is -0.0657. The second-order valence-electron chi connectivity index (χ2n) is 9.24. The summed E-state index contributed by atoms with van der Waals surface area (Å²) in [6.45, 7) is 2.35. The number of carbonyl (C=O) groups is 2. The van der Waals surface area contributed by atoms with Crippen LogP contribution in [0.2, 0.25) is 0 Å². The highest BCUT2D eigenvalue weighted by molar-refractivity contribution is 5.99. The van der Waals surface area contributed by atoms with Crippen molar-refractivity contribution in [3.8, 4) is 0 Å². The molecular weight excluding hydrogens is 430 g/mol.